The highest BCUT2D eigenvalue weighted by molar-refractivity contribution is 9.10. The first-order chi connectivity index (χ1) is 8.97. The van der Waals surface area contributed by atoms with Crippen LogP contribution in [-0.2, 0) is 6.42 Å². The van der Waals surface area contributed by atoms with Crippen LogP contribution in [0, 0.1) is 5.82 Å². The van der Waals surface area contributed by atoms with E-state index >= 15 is 0 Å². The van der Waals surface area contributed by atoms with E-state index in [9.17, 15) is 9.18 Å². The monoisotopic (exact) mass is 360 g/mol. The molecular weight excluding hydrogens is 354 g/mol. The third-order valence-electron chi connectivity index (χ3n) is 2.59. The Hall–Kier alpha value is -0.900. The lowest BCUT2D eigenvalue weighted by molar-refractivity contribution is 0.0993. The maximum atomic E-state index is 13.2. The molecule has 0 aromatic heterocycles. The molecule has 98 valence electrons. The van der Waals surface area contributed by atoms with Crippen molar-refractivity contribution in [1.29, 1.82) is 0 Å². The number of halogens is 4. The molecule has 0 saturated heterocycles. The lowest BCUT2D eigenvalue weighted by atomic mass is 10.0. The number of hydrogen-bond donors (Lipinski definition) is 0. The van der Waals surface area contributed by atoms with E-state index in [1.54, 1.807) is 18.2 Å². The van der Waals surface area contributed by atoms with Gasteiger partial charge in [0, 0.05) is 21.5 Å². The van der Waals surface area contributed by atoms with Gasteiger partial charge in [0.05, 0.1) is 5.02 Å². The summed E-state index contributed by atoms with van der Waals surface area (Å²) in [5, 5.41) is 0.763. The predicted octanol–water partition coefficient (Wildman–Crippen LogP) is 5.32. The van der Waals surface area contributed by atoms with Crippen LogP contribution < -0.4 is 0 Å². The summed E-state index contributed by atoms with van der Waals surface area (Å²) >= 11 is 15.0. The lowest BCUT2D eigenvalue weighted by Crippen LogP contribution is -2.05. The van der Waals surface area contributed by atoms with Gasteiger partial charge in [-0.15, -0.1) is 0 Å². The molecule has 19 heavy (non-hydrogen) atoms. The third-order valence-corrected chi connectivity index (χ3v) is 3.91. The maximum absolute atomic E-state index is 13.2. The van der Waals surface area contributed by atoms with E-state index in [4.69, 9.17) is 23.2 Å². The Morgan fingerprint density at radius 1 is 1.16 bits per heavy atom. The molecule has 0 fully saturated rings. The van der Waals surface area contributed by atoms with Crippen LogP contribution in [0.25, 0.3) is 0 Å². The molecule has 2 aromatic rings. The molecule has 0 heterocycles. The topological polar surface area (TPSA) is 17.1 Å². The maximum Gasteiger partial charge on any atom is 0.168 e. The van der Waals surface area contributed by atoms with Crippen molar-refractivity contribution >= 4 is 44.9 Å². The Labute approximate surface area is 128 Å². The summed E-state index contributed by atoms with van der Waals surface area (Å²) in [6, 6.07) is 8.90. The standard InChI is InChI=1S/C14H8BrCl2FO/c15-12-4-2-10(18)5-8(12)6-14(19)11-3-1-9(16)7-13(11)17/h1-5,7H,6H2. The molecule has 2 rings (SSSR count). The molecule has 5 heteroatoms. The molecule has 0 N–H and O–H groups in total. The van der Waals surface area contributed by atoms with Gasteiger partial charge < -0.3 is 0 Å². The highest BCUT2D eigenvalue weighted by Gasteiger charge is 2.13. The van der Waals surface area contributed by atoms with Crippen molar-refractivity contribution in [3.05, 3.63) is 67.9 Å². The normalized spacial score (nSPS) is 10.5. The largest absolute Gasteiger partial charge is 0.294 e. The molecular formula is C14H8BrCl2FO. The average molecular weight is 362 g/mol. The van der Waals surface area contributed by atoms with E-state index < -0.39 is 0 Å². The van der Waals surface area contributed by atoms with Crippen molar-refractivity contribution in [1.82, 2.24) is 0 Å². The van der Waals surface area contributed by atoms with Crippen LogP contribution in [0.2, 0.25) is 10.0 Å². The molecule has 0 unspecified atom stereocenters. The van der Waals surface area contributed by atoms with E-state index in [1.165, 1.54) is 18.2 Å². The molecule has 0 aliphatic rings. The van der Waals surface area contributed by atoms with Crippen molar-refractivity contribution in [2.75, 3.05) is 0 Å². The van der Waals surface area contributed by atoms with E-state index in [0.717, 1.165) is 0 Å². The summed E-state index contributed by atoms with van der Waals surface area (Å²) in [5.41, 5.74) is 0.957. The number of benzene rings is 2. The summed E-state index contributed by atoms with van der Waals surface area (Å²) in [7, 11) is 0. The summed E-state index contributed by atoms with van der Waals surface area (Å²) in [4.78, 5) is 12.1. The van der Waals surface area contributed by atoms with Gasteiger partial charge in [-0.1, -0.05) is 39.1 Å². The second-order valence-electron chi connectivity index (χ2n) is 3.96. The molecule has 0 saturated carbocycles. The van der Waals surface area contributed by atoms with Crippen molar-refractivity contribution in [2.45, 2.75) is 6.42 Å². The minimum absolute atomic E-state index is 0.0691. The second-order valence-corrected chi connectivity index (χ2v) is 5.66. The Bertz CT molecular complexity index is 643. The van der Waals surface area contributed by atoms with Gasteiger partial charge >= 0.3 is 0 Å². The smallest absolute Gasteiger partial charge is 0.168 e. The highest BCUT2D eigenvalue weighted by atomic mass is 79.9. The van der Waals surface area contributed by atoms with E-state index in [0.29, 0.717) is 25.6 Å². The summed E-state index contributed by atoms with van der Waals surface area (Å²) in [6.07, 6.45) is 0.0691. The van der Waals surface area contributed by atoms with Gasteiger partial charge in [0.15, 0.2) is 5.78 Å². The van der Waals surface area contributed by atoms with Crippen molar-refractivity contribution in [3.63, 3.8) is 0 Å². The van der Waals surface area contributed by atoms with Crippen molar-refractivity contribution < 1.29 is 9.18 Å². The summed E-state index contributed by atoms with van der Waals surface area (Å²) < 4.78 is 13.8. The predicted molar refractivity (Wildman–Crippen MR) is 78.6 cm³/mol. The van der Waals surface area contributed by atoms with Gasteiger partial charge in [0.2, 0.25) is 0 Å². The summed E-state index contributed by atoms with van der Waals surface area (Å²) in [5.74, 6) is -0.568. The zero-order chi connectivity index (χ0) is 14.0. The zero-order valence-corrected chi connectivity index (χ0v) is 12.7. The van der Waals surface area contributed by atoms with Crippen LogP contribution in [-0.4, -0.2) is 5.78 Å². The lowest BCUT2D eigenvalue weighted by Gasteiger charge is -2.06. The molecule has 0 spiro atoms. The first-order valence-corrected chi connectivity index (χ1v) is 6.94. The Morgan fingerprint density at radius 3 is 2.58 bits per heavy atom. The Balaban J connectivity index is 2.28. The fraction of sp³-hybridized carbons (Fsp3) is 0.0714. The average Bonchev–Trinajstić information content (AvgIpc) is 2.33. The van der Waals surface area contributed by atoms with Gasteiger partial charge in [-0.3, -0.25) is 4.79 Å². The van der Waals surface area contributed by atoms with Crippen LogP contribution in [0.3, 0.4) is 0 Å². The van der Waals surface area contributed by atoms with Gasteiger partial charge in [-0.05, 0) is 42.0 Å². The molecule has 0 bridgehead atoms. The van der Waals surface area contributed by atoms with Crippen LogP contribution in [0.1, 0.15) is 15.9 Å². The minimum Gasteiger partial charge on any atom is -0.294 e. The number of carbonyl (C=O) groups is 1. The zero-order valence-electron chi connectivity index (χ0n) is 9.59. The van der Waals surface area contributed by atoms with Gasteiger partial charge in [0.1, 0.15) is 5.82 Å². The Morgan fingerprint density at radius 2 is 1.89 bits per heavy atom. The van der Waals surface area contributed by atoms with Gasteiger partial charge in [-0.2, -0.15) is 0 Å². The van der Waals surface area contributed by atoms with Crippen molar-refractivity contribution in [3.8, 4) is 0 Å². The van der Waals surface area contributed by atoms with Gasteiger partial charge in [0.25, 0.3) is 0 Å². The quantitative estimate of drug-likeness (QED) is 0.676. The van der Waals surface area contributed by atoms with Crippen LogP contribution in [0.4, 0.5) is 4.39 Å². The molecule has 1 nitrogen and oxygen atoms in total. The molecule has 2 aromatic carbocycles. The Kier molecular flexibility index (Phi) is 4.61. The molecule has 0 aliphatic heterocycles. The molecule has 0 atom stereocenters. The molecule has 0 aliphatic carbocycles. The van der Waals surface area contributed by atoms with Crippen LogP contribution >= 0.6 is 39.1 Å². The van der Waals surface area contributed by atoms with Crippen molar-refractivity contribution in [2.24, 2.45) is 0 Å². The van der Waals surface area contributed by atoms with Crippen LogP contribution in [0.15, 0.2) is 40.9 Å². The molecule has 0 radical (unpaired) electrons. The second kappa shape index (κ2) is 6.04. The number of Topliss-reactive ketones (excluding diaryl/α,β-unsaturated/α-hetero) is 1. The molecule has 0 amide bonds. The number of carbonyl (C=O) groups excluding carboxylic acids is 1. The fourth-order valence-corrected chi connectivity index (χ4v) is 2.56. The van der Waals surface area contributed by atoms with Crippen LogP contribution in [0.5, 0.6) is 0 Å². The van der Waals surface area contributed by atoms with Gasteiger partial charge in [-0.25, -0.2) is 4.39 Å². The first-order valence-electron chi connectivity index (χ1n) is 5.39. The van der Waals surface area contributed by atoms with E-state index in [2.05, 4.69) is 15.9 Å². The minimum atomic E-state index is -0.381. The van der Waals surface area contributed by atoms with E-state index in [1.807, 2.05) is 0 Å². The summed E-state index contributed by atoms with van der Waals surface area (Å²) in [6.45, 7) is 0. The first kappa shape index (κ1) is 14.5. The SMILES string of the molecule is O=C(Cc1cc(F)ccc1Br)c1ccc(Cl)cc1Cl. The highest BCUT2D eigenvalue weighted by Crippen LogP contribution is 2.24. The number of ketones is 1. The number of hydrogen-bond acceptors (Lipinski definition) is 1. The number of rotatable bonds is 3. The fourth-order valence-electron chi connectivity index (χ4n) is 1.66. The third kappa shape index (κ3) is 3.56. The van der Waals surface area contributed by atoms with E-state index in [-0.39, 0.29) is 18.0 Å².